The van der Waals surface area contributed by atoms with Crippen LogP contribution >= 0.6 is 0 Å². The Bertz CT molecular complexity index is 917. The molecule has 7 nitrogen and oxygen atoms in total. The lowest BCUT2D eigenvalue weighted by molar-refractivity contribution is -0.142. The number of carbonyl (C=O) groups excluding carboxylic acids is 1. The fraction of sp³-hybridized carbons (Fsp3) is 0.235. The van der Waals surface area contributed by atoms with Gasteiger partial charge < -0.3 is 15.2 Å². The topological polar surface area (TPSA) is 97.6 Å². The van der Waals surface area contributed by atoms with Crippen molar-refractivity contribution in [3.63, 3.8) is 0 Å². The van der Waals surface area contributed by atoms with Crippen LogP contribution in [0.4, 0.5) is 10.1 Å². The minimum absolute atomic E-state index is 0.00393. The van der Waals surface area contributed by atoms with E-state index in [1.54, 1.807) is 0 Å². The van der Waals surface area contributed by atoms with Gasteiger partial charge in [-0.3, -0.25) is 14.2 Å². The summed E-state index contributed by atoms with van der Waals surface area (Å²) < 4.78 is 19.6. The summed E-state index contributed by atoms with van der Waals surface area (Å²) in [7, 11) is 1.31. The molecule has 1 heterocycles. The van der Waals surface area contributed by atoms with Gasteiger partial charge in [-0.15, -0.1) is 0 Å². The van der Waals surface area contributed by atoms with Crippen LogP contribution in [0.2, 0.25) is 0 Å². The van der Waals surface area contributed by atoms with Gasteiger partial charge in [0.25, 0.3) is 11.5 Å². The molecule has 1 aromatic heterocycles. The first-order valence-corrected chi connectivity index (χ1v) is 7.49. The highest BCUT2D eigenvalue weighted by atomic mass is 19.1. The number of carbonyl (C=O) groups is 2. The van der Waals surface area contributed by atoms with E-state index in [1.807, 2.05) is 0 Å². The lowest BCUT2D eigenvalue weighted by atomic mass is 10.2. The molecule has 0 spiro atoms. The summed E-state index contributed by atoms with van der Waals surface area (Å²) in [6.45, 7) is 0. The maximum Gasteiger partial charge on any atom is 0.330 e. The minimum atomic E-state index is -1.25. The first kappa shape index (κ1) is 16.7. The summed E-state index contributed by atoms with van der Waals surface area (Å²) >= 11 is 0. The van der Waals surface area contributed by atoms with Crippen LogP contribution in [0.1, 0.15) is 23.2 Å². The van der Waals surface area contributed by atoms with Crippen LogP contribution in [0.5, 0.6) is 5.75 Å². The molecule has 25 heavy (non-hydrogen) atoms. The molecule has 1 fully saturated rings. The number of carboxylic acids is 1. The summed E-state index contributed by atoms with van der Waals surface area (Å²) in [5.41, 5.74) is -1.93. The number of nitrogens with one attached hydrogen (secondary N) is 1. The van der Waals surface area contributed by atoms with Crippen LogP contribution in [0.3, 0.4) is 0 Å². The second-order valence-electron chi connectivity index (χ2n) is 5.74. The van der Waals surface area contributed by atoms with Crippen LogP contribution in [0.25, 0.3) is 0 Å². The first-order chi connectivity index (χ1) is 11.9. The smallest absolute Gasteiger partial charge is 0.330 e. The number of pyridine rings is 1. The number of amides is 1. The fourth-order valence-corrected chi connectivity index (χ4v) is 2.60. The molecule has 0 atom stereocenters. The summed E-state index contributed by atoms with van der Waals surface area (Å²) in [5, 5.41) is 11.7. The van der Waals surface area contributed by atoms with Crippen molar-refractivity contribution in [2.24, 2.45) is 0 Å². The predicted molar refractivity (Wildman–Crippen MR) is 86.5 cm³/mol. The number of rotatable bonds is 5. The van der Waals surface area contributed by atoms with Gasteiger partial charge in [0.1, 0.15) is 11.2 Å². The van der Waals surface area contributed by atoms with Gasteiger partial charge in [-0.25, -0.2) is 9.18 Å². The maximum absolute atomic E-state index is 13.7. The average molecular weight is 346 g/mol. The number of anilines is 1. The average Bonchev–Trinajstić information content (AvgIpc) is 3.38. The Hall–Kier alpha value is -3.16. The van der Waals surface area contributed by atoms with Gasteiger partial charge in [0, 0.05) is 11.8 Å². The Morgan fingerprint density at radius 3 is 2.60 bits per heavy atom. The van der Waals surface area contributed by atoms with Crippen LogP contribution in [0, 0.1) is 5.82 Å². The highest BCUT2D eigenvalue weighted by Crippen LogP contribution is 2.42. The monoisotopic (exact) mass is 346 g/mol. The number of ether oxygens (including phenoxy) is 1. The molecule has 0 saturated heterocycles. The molecule has 2 aromatic rings. The van der Waals surface area contributed by atoms with Crippen molar-refractivity contribution in [1.82, 2.24) is 4.57 Å². The molecule has 1 saturated carbocycles. The molecule has 0 unspecified atom stereocenters. The molecule has 0 bridgehead atoms. The molecule has 2 N–H and O–H groups in total. The Kier molecular flexibility index (Phi) is 4.03. The van der Waals surface area contributed by atoms with Crippen molar-refractivity contribution in [2.45, 2.75) is 18.4 Å². The zero-order valence-corrected chi connectivity index (χ0v) is 13.3. The number of aliphatic carboxylic acids is 1. The molecule has 3 rings (SSSR count). The van der Waals surface area contributed by atoms with Crippen molar-refractivity contribution in [3.05, 3.63) is 58.3 Å². The van der Waals surface area contributed by atoms with Crippen molar-refractivity contribution in [3.8, 4) is 5.75 Å². The second kappa shape index (κ2) is 6.04. The Labute approximate surface area is 141 Å². The molecule has 1 aliphatic carbocycles. The molecule has 1 aliphatic rings. The highest BCUT2D eigenvalue weighted by molar-refractivity contribution is 6.04. The lowest BCUT2D eigenvalue weighted by Crippen LogP contribution is -2.37. The number of carboxylic acid groups (broad SMARTS) is 1. The Morgan fingerprint density at radius 2 is 2.04 bits per heavy atom. The van der Waals surface area contributed by atoms with Gasteiger partial charge in [0.15, 0.2) is 11.6 Å². The summed E-state index contributed by atoms with van der Waals surface area (Å²) in [6.07, 6.45) is 2.08. The quantitative estimate of drug-likeness (QED) is 0.861. The molecule has 1 aromatic carbocycles. The van der Waals surface area contributed by atoms with Gasteiger partial charge in [-0.1, -0.05) is 0 Å². The van der Waals surface area contributed by atoms with E-state index in [-0.39, 0.29) is 17.0 Å². The molecule has 0 radical (unpaired) electrons. The van der Waals surface area contributed by atoms with Gasteiger partial charge >= 0.3 is 5.97 Å². The van der Waals surface area contributed by atoms with Gasteiger partial charge in [-0.2, -0.15) is 0 Å². The van der Waals surface area contributed by atoms with E-state index < -0.39 is 28.8 Å². The van der Waals surface area contributed by atoms with E-state index in [0.717, 1.165) is 10.6 Å². The number of halogens is 1. The Morgan fingerprint density at radius 1 is 1.32 bits per heavy atom. The predicted octanol–water partition coefficient (Wildman–Crippen LogP) is 1.82. The Balaban J connectivity index is 1.89. The summed E-state index contributed by atoms with van der Waals surface area (Å²) in [4.78, 5) is 36.1. The summed E-state index contributed by atoms with van der Waals surface area (Å²) in [5.74, 6) is -2.48. The van der Waals surface area contributed by atoms with E-state index in [1.165, 1.54) is 37.6 Å². The zero-order chi connectivity index (χ0) is 18.2. The van der Waals surface area contributed by atoms with Crippen molar-refractivity contribution < 1.29 is 23.8 Å². The van der Waals surface area contributed by atoms with Crippen LogP contribution in [0.15, 0.2) is 41.3 Å². The molecule has 0 aliphatic heterocycles. The second-order valence-corrected chi connectivity index (χ2v) is 5.74. The standard InChI is InChI=1S/C17H15FN2O5/c1-25-13-5-4-10(9-11(13)18)14(21)19-12-3-2-8-20(15(12)22)17(6-7-17)16(23)24/h2-5,8-9H,6-7H2,1H3,(H,19,21)(H,23,24). The van der Waals surface area contributed by atoms with Crippen LogP contribution in [-0.2, 0) is 10.3 Å². The van der Waals surface area contributed by atoms with Crippen molar-refractivity contribution >= 4 is 17.6 Å². The maximum atomic E-state index is 13.7. The number of nitrogens with zero attached hydrogens (tertiary/aromatic N) is 1. The van der Waals surface area contributed by atoms with Crippen molar-refractivity contribution in [2.75, 3.05) is 12.4 Å². The third-order valence-electron chi connectivity index (χ3n) is 4.19. The SMILES string of the molecule is COc1ccc(C(=O)Nc2cccn(C3(C(=O)O)CC3)c2=O)cc1F. The van der Waals surface area contributed by atoms with Crippen molar-refractivity contribution in [1.29, 1.82) is 0 Å². The van der Waals surface area contributed by atoms with Gasteiger partial charge in [0.2, 0.25) is 0 Å². The van der Waals surface area contributed by atoms with Gasteiger partial charge in [-0.05, 0) is 43.2 Å². The normalized spacial score (nSPS) is 14.6. The van der Waals surface area contributed by atoms with E-state index >= 15 is 0 Å². The third kappa shape index (κ3) is 2.86. The summed E-state index contributed by atoms with van der Waals surface area (Å²) in [6, 6.07) is 6.51. The van der Waals surface area contributed by atoms with Crippen LogP contribution in [-0.4, -0.2) is 28.7 Å². The van der Waals surface area contributed by atoms with E-state index in [4.69, 9.17) is 4.74 Å². The minimum Gasteiger partial charge on any atom is -0.494 e. The van der Waals surface area contributed by atoms with E-state index in [2.05, 4.69) is 5.32 Å². The largest absolute Gasteiger partial charge is 0.494 e. The molecule has 8 heteroatoms. The number of benzene rings is 1. The van der Waals surface area contributed by atoms with E-state index in [0.29, 0.717) is 12.8 Å². The molecule has 130 valence electrons. The van der Waals surface area contributed by atoms with Crippen LogP contribution < -0.4 is 15.6 Å². The highest BCUT2D eigenvalue weighted by Gasteiger charge is 2.52. The molecule has 1 amide bonds. The number of hydrogen-bond acceptors (Lipinski definition) is 4. The number of hydrogen-bond donors (Lipinski definition) is 2. The van der Waals surface area contributed by atoms with Gasteiger partial charge in [0.05, 0.1) is 7.11 Å². The number of aromatic nitrogens is 1. The fourth-order valence-electron chi connectivity index (χ4n) is 2.60. The van der Waals surface area contributed by atoms with E-state index in [9.17, 15) is 23.9 Å². The zero-order valence-electron chi connectivity index (χ0n) is 13.3. The lowest BCUT2D eigenvalue weighted by Gasteiger charge is -2.15. The number of methoxy groups -OCH3 is 1. The third-order valence-corrected chi connectivity index (χ3v) is 4.19. The molecular weight excluding hydrogens is 331 g/mol. The first-order valence-electron chi connectivity index (χ1n) is 7.49. The molecular formula is C17H15FN2O5.